The van der Waals surface area contributed by atoms with E-state index in [4.69, 9.17) is 0 Å². The molecule has 16 heavy (non-hydrogen) atoms. The summed E-state index contributed by atoms with van der Waals surface area (Å²) in [6.45, 7) is 1.54. The Morgan fingerprint density at radius 1 is 1.38 bits per heavy atom. The summed E-state index contributed by atoms with van der Waals surface area (Å²) in [4.78, 5) is 4.05. The fraction of sp³-hybridized carbons (Fsp3) is 0.250. The van der Waals surface area contributed by atoms with Gasteiger partial charge in [0.25, 0.3) is 0 Å². The van der Waals surface area contributed by atoms with Gasteiger partial charge in [0, 0.05) is 25.0 Å². The highest BCUT2D eigenvalue weighted by Crippen LogP contribution is 2.29. The topological polar surface area (TPSA) is 38.0 Å². The smallest absolute Gasteiger partial charge is 0.147 e. The van der Waals surface area contributed by atoms with Crippen molar-refractivity contribution in [3.05, 3.63) is 53.9 Å². The summed E-state index contributed by atoms with van der Waals surface area (Å²) in [6.07, 6.45) is 3.29. The van der Waals surface area contributed by atoms with E-state index in [-0.39, 0.29) is 5.56 Å². The first kappa shape index (κ1) is 10.8. The van der Waals surface area contributed by atoms with Gasteiger partial charge in [0.2, 0.25) is 0 Å². The van der Waals surface area contributed by atoms with Crippen molar-refractivity contribution in [3.63, 3.8) is 0 Å². The van der Waals surface area contributed by atoms with E-state index in [2.05, 4.69) is 4.98 Å². The van der Waals surface area contributed by atoms with E-state index in [1.165, 1.54) is 13.0 Å². The minimum atomic E-state index is -1.43. The molecule has 1 N–H and O–H groups in total. The van der Waals surface area contributed by atoms with Crippen LogP contribution in [0.2, 0.25) is 0 Å². The standard InChI is InChI=1S/C12H13FN2O/c1-12(16,11-14-7-8-15(11)2)9-5-3-4-6-10(9)13/h3-8,16H,1-2H3. The van der Waals surface area contributed by atoms with Crippen LogP contribution in [0.15, 0.2) is 36.7 Å². The van der Waals surface area contributed by atoms with Crippen LogP contribution in [0.5, 0.6) is 0 Å². The summed E-state index contributed by atoms with van der Waals surface area (Å²) in [7, 11) is 1.76. The molecular formula is C12H13FN2O. The van der Waals surface area contributed by atoms with Crippen molar-refractivity contribution in [2.24, 2.45) is 7.05 Å². The van der Waals surface area contributed by atoms with Gasteiger partial charge in [-0.2, -0.15) is 0 Å². The monoisotopic (exact) mass is 220 g/mol. The van der Waals surface area contributed by atoms with E-state index < -0.39 is 11.4 Å². The molecule has 2 rings (SSSR count). The lowest BCUT2D eigenvalue weighted by molar-refractivity contribution is 0.0851. The largest absolute Gasteiger partial charge is 0.377 e. The fourth-order valence-electron chi connectivity index (χ4n) is 1.81. The third kappa shape index (κ3) is 1.61. The molecule has 4 heteroatoms. The molecular weight excluding hydrogens is 207 g/mol. The van der Waals surface area contributed by atoms with Crippen LogP contribution in [0.3, 0.4) is 0 Å². The Labute approximate surface area is 93.2 Å². The first-order valence-electron chi connectivity index (χ1n) is 4.98. The highest BCUT2D eigenvalue weighted by atomic mass is 19.1. The lowest BCUT2D eigenvalue weighted by Gasteiger charge is -2.23. The molecule has 2 aromatic rings. The summed E-state index contributed by atoms with van der Waals surface area (Å²) in [5.41, 5.74) is -1.20. The fourth-order valence-corrected chi connectivity index (χ4v) is 1.81. The van der Waals surface area contributed by atoms with Gasteiger partial charge in [-0.05, 0) is 13.0 Å². The summed E-state index contributed by atoms with van der Waals surface area (Å²) in [5, 5.41) is 10.4. The Balaban J connectivity index is 2.55. The average molecular weight is 220 g/mol. The van der Waals surface area contributed by atoms with Crippen molar-refractivity contribution in [3.8, 4) is 0 Å². The maximum Gasteiger partial charge on any atom is 0.147 e. The Hall–Kier alpha value is -1.68. The van der Waals surface area contributed by atoms with Gasteiger partial charge in [-0.15, -0.1) is 0 Å². The lowest BCUT2D eigenvalue weighted by Crippen LogP contribution is -2.28. The number of aromatic nitrogens is 2. The molecule has 0 bridgehead atoms. The third-order valence-corrected chi connectivity index (χ3v) is 2.65. The number of nitrogens with zero attached hydrogens (tertiary/aromatic N) is 2. The van der Waals surface area contributed by atoms with Gasteiger partial charge >= 0.3 is 0 Å². The summed E-state index contributed by atoms with van der Waals surface area (Å²) < 4.78 is 15.3. The van der Waals surface area contributed by atoms with Gasteiger partial charge < -0.3 is 9.67 Å². The van der Waals surface area contributed by atoms with Crippen LogP contribution in [-0.4, -0.2) is 14.7 Å². The molecule has 0 aliphatic heterocycles. The van der Waals surface area contributed by atoms with E-state index >= 15 is 0 Å². The number of halogens is 1. The zero-order chi connectivity index (χ0) is 11.8. The Morgan fingerprint density at radius 2 is 2.06 bits per heavy atom. The molecule has 1 heterocycles. The van der Waals surface area contributed by atoms with Crippen molar-refractivity contribution < 1.29 is 9.50 Å². The molecule has 0 saturated carbocycles. The van der Waals surface area contributed by atoms with Gasteiger partial charge in [-0.3, -0.25) is 0 Å². The van der Waals surface area contributed by atoms with Crippen molar-refractivity contribution in [2.45, 2.75) is 12.5 Å². The first-order chi connectivity index (χ1) is 7.53. The molecule has 0 radical (unpaired) electrons. The second-order valence-corrected chi connectivity index (χ2v) is 3.91. The van der Waals surface area contributed by atoms with Crippen LogP contribution in [-0.2, 0) is 12.6 Å². The molecule has 1 aromatic heterocycles. The molecule has 1 unspecified atom stereocenters. The molecule has 0 spiro atoms. The number of aliphatic hydroxyl groups is 1. The molecule has 0 saturated heterocycles. The third-order valence-electron chi connectivity index (χ3n) is 2.65. The highest BCUT2D eigenvalue weighted by molar-refractivity contribution is 5.29. The minimum Gasteiger partial charge on any atom is -0.377 e. The van der Waals surface area contributed by atoms with E-state index in [0.717, 1.165) is 0 Å². The second-order valence-electron chi connectivity index (χ2n) is 3.91. The molecule has 1 atom stereocenters. The van der Waals surface area contributed by atoms with E-state index in [1.807, 2.05) is 0 Å². The summed E-state index contributed by atoms with van der Waals surface area (Å²) in [6, 6.07) is 6.17. The second kappa shape index (κ2) is 3.72. The molecule has 3 nitrogen and oxygen atoms in total. The van der Waals surface area contributed by atoms with Crippen molar-refractivity contribution in [1.82, 2.24) is 9.55 Å². The predicted octanol–water partition coefficient (Wildman–Crippen LogP) is 1.81. The van der Waals surface area contributed by atoms with Crippen LogP contribution in [0.25, 0.3) is 0 Å². The minimum absolute atomic E-state index is 0.226. The Bertz CT molecular complexity index is 505. The number of benzene rings is 1. The lowest BCUT2D eigenvalue weighted by atomic mass is 9.94. The highest BCUT2D eigenvalue weighted by Gasteiger charge is 2.32. The van der Waals surface area contributed by atoms with Crippen molar-refractivity contribution >= 4 is 0 Å². The van der Waals surface area contributed by atoms with Gasteiger partial charge in [0.05, 0.1) is 0 Å². The molecule has 0 aliphatic rings. The maximum absolute atomic E-state index is 13.6. The normalized spacial score (nSPS) is 14.8. The van der Waals surface area contributed by atoms with Crippen LogP contribution in [0.1, 0.15) is 18.3 Å². The number of hydrogen-bond acceptors (Lipinski definition) is 2. The molecule has 1 aromatic carbocycles. The van der Waals surface area contributed by atoms with Gasteiger partial charge in [-0.1, -0.05) is 18.2 Å². The summed E-state index contributed by atoms with van der Waals surface area (Å²) in [5.74, 6) is -0.0203. The van der Waals surface area contributed by atoms with Gasteiger partial charge in [0.1, 0.15) is 17.2 Å². The van der Waals surface area contributed by atoms with E-state index in [0.29, 0.717) is 5.82 Å². The Kier molecular flexibility index (Phi) is 2.52. The number of hydrogen-bond donors (Lipinski definition) is 1. The van der Waals surface area contributed by atoms with Gasteiger partial charge in [0.15, 0.2) is 0 Å². The zero-order valence-corrected chi connectivity index (χ0v) is 9.18. The quantitative estimate of drug-likeness (QED) is 0.838. The predicted molar refractivity (Wildman–Crippen MR) is 58.3 cm³/mol. The molecule has 0 amide bonds. The number of rotatable bonds is 2. The Morgan fingerprint density at radius 3 is 2.62 bits per heavy atom. The van der Waals surface area contributed by atoms with Gasteiger partial charge in [-0.25, -0.2) is 9.37 Å². The SMILES string of the molecule is Cn1ccnc1C(C)(O)c1ccccc1F. The molecule has 0 aliphatic carbocycles. The molecule has 0 fully saturated rings. The van der Waals surface area contributed by atoms with E-state index in [1.54, 1.807) is 42.2 Å². The average Bonchev–Trinajstić information content (AvgIpc) is 2.65. The van der Waals surface area contributed by atoms with Crippen LogP contribution in [0.4, 0.5) is 4.39 Å². The van der Waals surface area contributed by atoms with Crippen LogP contribution < -0.4 is 0 Å². The van der Waals surface area contributed by atoms with Crippen molar-refractivity contribution in [2.75, 3.05) is 0 Å². The zero-order valence-electron chi connectivity index (χ0n) is 9.18. The number of imidazole rings is 1. The van der Waals surface area contributed by atoms with Crippen molar-refractivity contribution in [1.29, 1.82) is 0 Å². The van der Waals surface area contributed by atoms with Crippen LogP contribution >= 0.6 is 0 Å². The summed E-state index contributed by atoms with van der Waals surface area (Å²) >= 11 is 0. The van der Waals surface area contributed by atoms with E-state index in [9.17, 15) is 9.50 Å². The number of aryl methyl sites for hydroxylation is 1. The maximum atomic E-state index is 13.6. The first-order valence-corrected chi connectivity index (χ1v) is 4.98. The molecule has 84 valence electrons. The van der Waals surface area contributed by atoms with Crippen LogP contribution in [0, 0.1) is 5.82 Å².